The van der Waals surface area contributed by atoms with Gasteiger partial charge in [-0.05, 0) is 37.3 Å². The van der Waals surface area contributed by atoms with Crippen molar-refractivity contribution in [2.75, 3.05) is 13.6 Å². The highest BCUT2D eigenvalue weighted by molar-refractivity contribution is 9.10. The van der Waals surface area contributed by atoms with Crippen LogP contribution >= 0.6 is 15.9 Å². The number of amides is 1. The van der Waals surface area contributed by atoms with E-state index in [9.17, 15) is 17.6 Å². The molecular formula is C17H18BrFN2O3S. The van der Waals surface area contributed by atoms with E-state index in [0.29, 0.717) is 10.0 Å². The van der Waals surface area contributed by atoms with Gasteiger partial charge in [0.15, 0.2) is 0 Å². The fraction of sp³-hybridized carbons (Fsp3) is 0.235. The van der Waals surface area contributed by atoms with Crippen molar-refractivity contribution in [3.63, 3.8) is 0 Å². The van der Waals surface area contributed by atoms with E-state index in [4.69, 9.17) is 0 Å². The second-order valence-electron chi connectivity index (χ2n) is 5.59. The zero-order valence-corrected chi connectivity index (χ0v) is 16.2. The molecule has 0 aliphatic heterocycles. The van der Waals surface area contributed by atoms with Gasteiger partial charge in [-0.25, -0.2) is 12.8 Å². The number of nitrogens with one attached hydrogen (secondary N) is 1. The fourth-order valence-electron chi connectivity index (χ4n) is 2.11. The first-order valence-electron chi connectivity index (χ1n) is 7.44. The van der Waals surface area contributed by atoms with Gasteiger partial charge < -0.3 is 5.32 Å². The van der Waals surface area contributed by atoms with E-state index in [2.05, 4.69) is 21.2 Å². The third-order valence-corrected chi connectivity index (χ3v) is 5.89. The van der Waals surface area contributed by atoms with Crippen molar-refractivity contribution in [2.45, 2.75) is 18.4 Å². The lowest BCUT2D eigenvalue weighted by molar-refractivity contribution is -0.121. The molecule has 0 saturated heterocycles. The van der Waals surface area contributed by atoms with Gasteiger partial charge in [0, 0.05) is 23.6 Å². The Morgan fingerprint density at radius 3 is 2.48 bits per heavy atom. The predicted molar refractivity (Wildman–Crippen MR) is 96.9 cm³/mol. The lowest BCUT2D eigenvalue weighted by atomic mass is 10.2. The summed E-state index contributed by atoms with van der Waals surface area (Å²) in [6, 6.07) is 10.8. The monoisotopic (exact) mass is 428 g/mol. The molecule has 1 amide bonds. The highest BCUT2D eigenvalue weighted by Crippen LogP contribution is 2.16. The van der Waals surface area contributed by atoms with Gasteiger partial charge in [-0.3, -0.25) is 4.79 Å². The SMILES string of the molecule is Cc1ccc(S(=O)(=O)N(C)CC(=O)NCc2cc(Br)ccc2F)cc1. The Hall–Kier alpha value is -1.77. The van der Waals surface area contributed by atoms with Crippen molar-refractivity contribution in [3.05, 3.63) is 63.9 Å². The molecule has 0 aliphatic carbocycles. The van der Waals surface area contributed by atoms with Crippen LogP contribution in [0.4, 0.5) is 4.39 Å². The van der Waals surface area contributed by atoms with Crippen LogP contribution in [0.5, 0.6) is 0 Å². The lowest BCUT2D eigenvalue weighted by Crippen LogP contribution is -2.38. The molecule has 1 N–H and O–H groups in total. The van der Waals surface area contributed by atoms with E-state index in [1.807, 2.05) is 6.92 Å². The minimum absolute atomic E-state index is 0.0253. The molecule has 0 radical (unpaired) electrons. The van der Waals surface area contributed by atoms with Crippen LogP contribution in [0.2, 0.25) is 0 Å². The van der Waals surface area contributed by atoms with Crippen LogP contribution in [0, 0.1) is 12.7 Å². The van der Waals surface area contributed by atoms with Crippen molar-refractivity contribution >= 4 is 31.9 Å². The minimum atomic E-state index is -3.76. The fourth-order valence-corrected chi connectivity index (χ4v) is 3.64. The highest BCUT2D eigenvalue weighted by atomic mass is 79.9. The summed E-state index contributed by atoms with van der Waals surface area (Å²) in [5.74, 6) is -0.957. The van der Waals surface area contributed by atoms with E-state index in [0.717, 1.165) is 9.87 Å². The zero-order valence-electron chi connectivity index (χ0n) is 13.8. The summed E-state index contributed by atoms with van der Waals surface area (Å²) in [6.07, 6.45) is 0. The number of hydrogen-bond acceptors (Lipinski definition) is 3. The number of likely N-dealkylation sites (N-methyl/N-ethyl adjacent to an activating group) is 1. The number of aryl methyl sites for hydroxylation is 1. The third kappa shape index (κ3) is 5.10. The van der Waals surface area contributed by atoms with E-state index in [1.165, 1.54) is 25.2 Å². The van der Waals surface area contributed by atoms with Gasteiger partial charge in [0.25, 0.3) is 0 Å². The minimum Gasteiger partial charge on any atom is -0.351 e. The standard InChI is InChI=1S/C17H18BrFN2O3S/c1-12-3-6-15(7-4-12)25(23,24)21(2)11-17(22)20-10-13-9-14(18)5-8-16(13)19/h3-9H,10-11H2,1-2H3,(H,20,22). The van der Waals surface area contributed by atoms with E-state index in [1.54, 1.807) is 24.3 Å². The summed E-state index contributed by atoms with van der Waals surface area (Å²) in [5, 5.41) is 2.52. The lowest BCUT2D eigenvalue weighted by Gasteiger charge is -2.17. The van der Waals surface area contributed by atoms with Crippen LogP contribution in [-0.4, -0.2) is 32.2 Å². The molecule has 2 aromatic rings. The largest absolute Gasteiger partial charge is 0.351 e. The van der Waals surface area contributed by atoms with Crippen LogP contribution in [0.1, 0.15) is 11.1 Å². The molecule has 0 saturated carbocycles. The maximum Gasteiger partial charge on any atom is 0.243 e. The smallest absolute Gasteiger partial charge is 0.243 e. The number of benzene rings is 2. The zero-order chi connectivity index (χ0) is 18.6. The molecule has 0 atom stereocenters. The average Bonchev–Trinajstić information content (AvgIpc) is 2.56. The normalized spacial score (nSPS) is 11.6. The number of rotatable bonds is 6. The number of carbonyl (C=O) groups excluding carboxylic acids is 1. The second-order valence-corrected chi connectivity index (χ2v) is 8.55. The number of sulfonamides is 1. The molecule has 0 bridgehead atoms. The topological polar surface area (TPSA) is 66.5 Å². The third-order valence-electron chi connectivity index (χ3n) is 3.58. The summed E-state index contributed by atoms with van der Waals surface area (Å²) in [6.45, 7) is 1.48. The Kier molecular flexibility index (Phi) is 6.31. The van der Waals surface area contributed by atoms with Crippen LogP contribution in [0.15, 0.2) is 51.8 Å². The van der Waals surface area contributed by atoms with Crippen molar-refractivity contribution in [1.29, 1.82) is 0 Å². The number of halogens is 2. The molecule has 0 aliphatic rings. The molecule has 25 heavy (non-hydrogen) atoms. The Bertz CT molecular complexity index is 870. The molecule has 5 nitrogen and oxygen atoms in total. The summed E-state index contributed by atoms with van der Waals surface area (Å²) in [4.78, 5) is 12.1. The molecule has 2 aromatic carbocycles. The first-order chi connectivity index (χ1) is 11.7. The molecule has 0 fully saturated rings. The van der Waals surface area contributed by atoms with Crippen LogP contribution < -0.4 is 5.32 Å². The molecule has 0 heterocycles. The number of hydrogen-bond donors (Lipinski definition) is 1. The Morgan fingerprint density at radius 2 is 1.84 bits per heavy atom. The van der Waals surface area contributed by atoms with E-state index in [-0.39, 0.29) is 18.0 Å². The van der Waals surface area contributed by atoms with Crippen LogP contribution in [0.3, 0.4) is 0 Å². The van der Waals surface area contributed by atoms with Gasteiger partial charge in [-0.15, -0.1) is 0 Å². The summed E-state index contributed by atoms with van der Waals surface area (Å²) in [7, 11) is -2.43. The summed E-state index contributed by atoms with van der Waals surface area (Å²) in [5.41, 5.74) is 1.25. The van der Waals surface area contributed by atoms with E-state index < -0.39 is 21.7 Å². The number of carbonyl (C=O) groups is 1. The maximum atomic E-state index is 13.6. The number of nitrogens with zero attached hydrogens (tertiary/aromatic N) is 1. The van der Waals surface area contributed by atoms with Crippen molar-refractivity contribution in [1.82, 2.24) is 9.62 Å². The molecule has 8 heteroatoms. The molecule has 134 valence electrons. The van der Waals surface area contributed by atoms with Gasteiger partial charge in [0.2, 0.25) is 15.9 Å². The van der Waals surface area contributed by atoms with Crippen molar-refractivity contribution in [3.8, 4) is 0 Å². The quantitative estimate of drug-likeness (QED) is 0.768. The maximum absolute atomic E-state index is 13.6. The Balaban J connectivity index is 1.99. The predicted octanol–water partition coefficient (Wildman–Crippen LogP) is 2.83. The van der Waals surface area contributed by atoms with Gasteiger partial charge in [-0.1, -0.05) is 33.6 Å². The Labute approximate surface area is 155 Å². The van der Waals surface area contributed by atoms with Crippen molar-refractivity contribution in [2.24, 2.45) is 0 Å². The first kappa shape index (κ1) is 19.6. The van der Waals surface area contributed by atoms with Gasteiger partial charge in [0.1, 0.15) is 5.82 Å². The van der Waals surface area contributed by atoms with Crippen LogP contribution in [0.25, 0.3) is 0 Å². The molecular weight excluding hydrogens is 411 g/mol. The van der Waals surface area contributed by atoms with E-state index >= 15 is 0 Å². The van der Waals surface area contributed by atoms with Crippen LogP contribution in [-0.2, 0) is 21.4 Å². The van der Waals surface area contributed by atoms with Gasteiger partial charge >= 0.3 is 0 Å². The van der Waals surface area contributed by atoms with Crippen molar-refractivity contribution < 1.29 is 17.6 Å². The van der Waals surface area contributed by atoms with Gasteiger partial charge in [0.05, 0.1) is 11.4 Å². The molecule has 0 unspecified atom stereocenters. The average molecular weight is 429 g/mol. The Morgan fingerprint density at radius 1 is 1.20 bits per heavy atom. The molecule has 2 rings (SSSR count). The summed E-state index contributed by atoms with van der Waals surface area (Å²) >= 11 is 3.23. The summed E-state index contributed by atoms with van der Waals surface area (Å²) < 4.78 is 40.2. The molecule has 0 spiro atoms. The van der Waals surface area contributed by atoms with Gasteiger partial charge in [-0.2, -0.15) is 4.31 Å². The second kappa shape index (κ2) is 8.07. The first-order valence-corrected chi connectivity index (χ1v) is 9.67. The highest BCUT2D eigenvalue weighted by Gasteiger charge is 2.22. The molecule has 0 aromatic heterocycles.